The molecule has 7 nitrogen and oxygen atoms in total. The summed E-state index contributed by atoms with van der Waals surface area (Å²) in [4.78, 5) is 21.8. The molecular formula is C15H14F3N5O2. The molecule has 0 N–H and O–H groups in total. The zero-order valence-corrected chi connectivity index (χ0v) is 13.0. The lowest BCUT2D eigenvalue weighted by Crippen LogP contribution is -2.47. The molecule has 1 aliphatic rings. The van der Waals surface area contributed by atoms with E-state index in [9.17, 15) is 23.3 Å². The summed E-state index contributed by atoms with van der Waals surface area (Å²) in [5.74, 6) is 0.571. The number of hydrogen-bond acceptors (Lipinski definition) is 6. The molecule has 1 saturated heterocycles. The van der Waals surface area contributed by atoms with Crippen molar-refractivity contribution in [3.8, 4) is 0 Å². The van der Waals surface area contributed by atoms with Crippen molar-refractivity contribution < 1.29 is 18.1 Å². The van der Waals surface area contributed by atoms with Crippen LogP contribution in [0.3, 0.4) is 0 Å². The summed E-state index contributed by atoms with van der Waals surface area (Å²) >= 11 is 0. The lowest BCUT2D eigenvalue weighted by Gasteiger charge is -2.36. The van der Waals surface area contributed by atoms with E-state index in [0.29, 0.717) is 37.8 Å². The molecule has 2 heterocycles. The minimum Gasteiger partial charge on any atom is -0.368 e. The number of aromatic nitrogens is 2. The van der Waals surface area contributed by atoms with E-state index in [-0.39, 0.29) is 0 Å². The van der Waals surface area contributed by atoms with E-state index in [2.05, 4.69) is 9.97 Å². The maximum atomic E-state index is 13.1. The van der Waals surface area contributed by atoms with E-state index in [1.807, 2.05) is 4.90 Å². The zero-order valence-electron chi connectivity index (χ0n) is 13.0. The zero-order chi connectivity index (χ0) is 18.0. The number of hydrogen-bond donors (Lipinski definition) is 0. The summed E-state index contributed by atoms with van der Waals surface area (Å²) in [6.07, 6.45) is -1.53. The number of alkyl halides is 3. The fourth-order valence-corrected chi connectivity index (χ4v) is 2.73. The molecule has 0 unspecified atom stereocenters. The Bertz CT molecular complexity index is 762. The van der Waals surface area contributed by atoms with Gasteiger partial charge in [-0.15, -0.1) is 0 Å². The number of rotatable bonds is 3. The number of nitrogens with zero attached hydrogens (tertiary/aromatic N) is 5. The molecule has 1 aliphatic heterocycles. The van der Waals surface area contributed by atoms with Crippen LogP contribution >= 0.6 is 0 Å². The molecule has 10 heteroatoms. The monoisotopic (exact) mass is 353 g/mol. The topological polar surface area (TPSA) is 75.4 Å². The van der Waals surface area contributed by atoms with E-state index in [0.717, 1.165) is 12.1 Å². The van der Waals surface area contributed by atoms with Crippen LogP contribution in [0.15, 0.2) is 36.7 Å². The van der Waals surface area contributed by atoms with Gasteiger partial charge in [0.2, 0.25) is 5.95 Å². The van der Waals surface area contributed by atoms with Gasteiger partial charge in [-0.1, -0.05) is 0 Å². The fraction of sp³-hybridized carbons (Fsp3) is 0.333. The van der Waals surface area contributed by atoms with E-state index >= 15 is 0 Å². The Hall–Kier alpha value is -2.91. The third-order valence-corrected chi connectivity index (χ3v) is 3.96. The molecule has 0 aliphatic carbocycles. The van der Waals surface area contributed by atoms with E-state index in [1.165, 1.54) is 6.07 Å². The molecule has 2 aromatic rings. The van der Waals surface area contributed by atoms with Crippen molar-refractivity contribution in [1.29, 1.82) is 0 Å². The number of halogens is 3. The molecule has 1 aromatic heterocycles. The summed E-state index contributed by atoms with van der Waals surface area (Å²) in [6.45, 7) is 2.02. The normalized spacial score (nSPS) is 15.3. The Labute approximate surface area is 140 Å². The first-order valence-corrected chi connectivity index (χ1v) is 7.49. The SMILES string of the molecule is O=[N+]([O-])c1ccc(N2CCN(c3ncccn3)CC2)cc1C(F)(F)F. The van der Waals surface area contributed by atoms with Crippen molar-refractivity contribution in [1.82, 2.24) is 9.97 Å². The van der Waals surface area contributed by atoms with Gasteiger partial charge in [0.1, 0.15) is 5.56 Å². The molecule has 3 rings (SSSR count). The average Bonchev–Trinajstić information content (AvgIpc) is 2.61. The van der Waals surface area contributed by atoms with E-state index in [4.69, 9.17) is 0 Å². The Balaban J connectivity index is 1.78. The second-order valence-corrected chi connectivity index (χ2v) is 5.48. The van der Waals surface area contributed by atoms with Crippen molar-refractivity contribution in [2.75, 3.05) is 36.0 Å². The predicted molar refractivity (Wildman–Crippen MR) is 84.6 cm³/mol. The molecule has 0 radical (unpaired) electrons. The standard InChI is InChI=1S/C15H14F3N5O2/c16-15(17,18)12-10-11(2-3-13(12)23(24)25)21-6-8-22(9-7-21)14-19-4-1-5-20-14/h1-5,10H,6-9H2. The van der Waals surface area contributed by atoms with Gasteiger partial charge in [0, 0.05) is 50.3 Å². The van der Waals surface area contributed by atoms with Crippen LogP contribution in [0.1, 0.15) is 5.56 Å². The highest BCUT2D eigenvalue weighted by atomic mass is 19.4. The van der Waals surface area contributed by atoms with Gasteiger partial charge < -0.3 is 9.80 Å². The molecule has 25 heavy (non-hydrogen) atoms. The van der Waals surface area contributed by atoms with Gasteiger partial charge in [0.15, 0.2) is 0 Å². The van der Waals surface area contributed by atoms with Gasteiger partial charge in [-0.25, -0.2) is 9.97 Å². The van der Waals surface area contributed by atoms with Crippen LogP contribution in [0.4, 0.5) is 30.5 Å². The molecule has 1 fully saturated rings. The van der Waals surface area contributed by atoms with Crippen LogP contribution in [-0.2, 0) is 6.18 Å². The van der Waals surface area contributed by atoms with Crippen LogP contribution in [-0.4, -0.2) is 41.1 Å². The predicted octanol–water partition coefficient (Wildman–Crippen LogP) is 2.73. The Morgan fingerprint density at radius 2 is 1.64 bits per heavy atom. The summed E-state index contributed by atoms with van der Waals surface area (Å²) in [5.41, 5.74) is -1.86. The first-order valence-electron chi connectivity index (χ1n) is 7.49. The quantitative estimate of drug-likeness (QED) is 0.624. The van der Waals surface area contributed by atoms with Gasteiger partial charge in [0.05, 0.1) is 4.92 Å². The molecule has 0 spiro atoms. The number of anilines is 2. The van der Waals surface area contributed by atoms with Gasteiger partial charge in [-0.2, -0.15) is 13.2 Å². The highest BCUT2D eigenvalue weighted by Gasteiger charge is 2.39. The first-order chi connectivity index (χ1) is 11.9. The molecular weight excluding hydrogens is 339 g/mol. The number of nitro benzene ring substituents is 1. The van der Waals surface area contributed by atoms with Crippen molar-refractivity contribution in [2.24, 2.45) is 0 Å². The van der Waals surface area contributed by atoms with Crippen LogP contribution < -0.4 is 9.80 Å². The minimum absolute atomic E-state index is 0.312. The smallest absolute Gasteiger partial charge is 0.368 e. The fourth-order valence-electron chi connectivity index (χ4n) is 2.73. The van der Waals surface area contributed by atoms with Crippen LogP contribution in [0.2, 0.25) is 0 Å². The van der Waals surface area contributed by atoms with Gasteiger partial charge >= 0.3 is 6.18 Å². The Morgan fingerprint density at radius 1 is 1.04 bits per heavy atom. The highest BCUT2D eigenvalue weighted by molar-refractivity contribution is 5.57. The van der Waals surface area contributed by atoms with Crippen molar-refractivity contribution in [2.45, 2.75) is 6.18 Å². The lowest BCUT2D eigenvalue weighted by molar-refractivity contribution is -0.388. The Kier molecular flexibility index (Phi) is 4.43. The molecule has 0 atom stereocenters. The van der Waals surface area contributed by atoms with Crippen LogP contribution in [0.25, 0.3) is 0 Å². The summed E-state index contributed by atoms with van der Waals surface area (Å²) in [7, 11) is 0. The number of benzene rings is 1. The van der Waals surface area contributed by atoms with Crippen molar-refractivity contribution >= 4 is 17.3 Å². The van der Waals surface area contributed by atoms with Crippen molar-refractivity contribution in [3.05, 3.63) is 52.3 Å². The molecule has 0 saturated carbocycles. The number of nitro groups is 1. The largest absolute Gasteiger partial charge is 0.423 e. The third-order valence-electron chi connectivity index (χ3n) is 3.96. The van der Waals surface area contributed by atoms with Crippen LogP contribution in [0, 0.1) is 10.1 Å². The second kappa shape index (κ2) is 6.54. The third kappa shape index (κ3) is 3.62. The summed E-state index contributed by atoms with van der Waals surface area (Å²) < 4.78 is 39.3. The summed E-state index contributed by atoms with van der Waals surface area (Å²) in [5, 5.41) is 10.8. The summed E-state index contributed by atoms with van der Waals surface area (Å²) in [6, 6.07) is 4.80. The minimum atomic E-state index is -4.78. The Morgan fingerprint density at radius 3 is 2.20 bits per heavy atom. The molecule has 0 amide bonds. The average molecular weight is 353 g/mol. The molecule has 0 bridgehead atoms. The van der Waals surface area contributed by atoms with Crippen LogP contribution in [0.5, 0.6) is 0 Å². The van der Waals surface area contributed by atoms with Gasteiger partial charge in [-0.3, -0.25) is 10.1 Å². The molecule has 132 valence electrons. The first kappa shape index (κ1) is 16.9. The van der Waals surface area contributed by atoms with E-state index in [1.54, 1.807) is 23.4 Å². The second-order valence-electron chi connectivity index (χ2n) is 5.48. The van der Waals surface area contributed by atoms with Crippen molar-refractivity contribution in [3.63, 3.8) is 0 Å². The van der Waals surface area contributed by atoms with E-state index < -0.39 is 22.4 Å². The lowest BCUT2D eigenvalue weighted by atomic mass is 10.1. The maximum Gasteiger partial charge on any atom is 0.423 e. The van der Waals surface area contributed by atoms with Gasteiger partial charge in [-0.05, 0) is 18.2 Å². The number of piperazine rings is 1. The maximum absolute atomic E-state index is 13.1. The van der Waals surface area contributed by atoms with Gasteiger partial charge in [0.25, 0.3) is 5.69 Å². The highest BCUT2D eigenvalue weighted by Crippen LogP contribution is 2.38. The molecule has 1 aromatic carbocycles.